The van der Waals surface area contributed by atoms with Gasteiger partial charge >= 0.3 is 0 Å². The van der Waals surface area contributed by atoms with Crippen LogP contribution in [0.15, 0.2) is 42.5 Å². The van der Waals surface area contributed by atoms with Crippen LogP contribution in [-0.2, 0) is 6.54 Å². The lowest BCUT2D eigenvalue weighted by Gasteiger charge is -2.24. The van der Waals surface area contributed by atoms with Gasteiger partial charge in [-0.05, 0) is 43.5 Å². The Bertz CT molecular complexity index is 693. The Morgan fingerprint density at radius 3 is 2.61 bits per heavy atom. The highest BCUT2D eigenvalue weighted by atomic mass is 16.2. The Balaban J connectivity index is 1.77. The summed E-state index contributed by atoms with van der Waals surface area (Å²) in [7, 11) is 1.84. The zero-order valence-electron chi connectivity index (χ0n) is 13.8. The van der Waals surface area contributed by atoms with Crippen LogP contribution in [0, 0.1) is 6.92 Å². The van der Waals surface area contributed by atoms with Crippen molar-refractivity contribution in [2.24, 2.45) is 0 Å². The van der Waals surface area contributed by atoms with E-state index in [1.54, 1.807) is 11.0 Å². The van der Waals surface area contributed by atoms with Crippen molar-refractivity contribution < 1.29 is 4.79 Å². The van der Waals surface area contributed by atoms with Gasteiger partial charge in [-0.3, -0.25) is 4.79 Å². The van der Waals surface area contributed by atoms with Crippen molar-refractivity contribution >= 4 is 11.6 Å². The molecule has 4 heteroatoms. The molecule has 3 rings (SSSR count). The Labute approximate surface area is 137 Å². The highest BCUT2D eigenvalue weighted by Crippen LogP contribution is 2.25. The lowest BCUT2D eigenvalue weighted by atomic mass is 10.1. The van der Waals surface area contributed by atoms with E-state index in [4.69, 9.17) is 0 Å². The fourth-order valence-electron chi connectivity index (χ4n) is 3.10. The van der Waals surface area contributed by atoms with Crippen LogP contribution in [0.2, 0.25) is 0 Å². The molecular formula is C19H23N3O. The minimum atomic E-state index is -0.0371. The summed E-state index contributed by atoms with van der Waals surface area (Å²) >= 11 is 0. The van der Waals surface area contributed by atoms with Gasteiger partial charge in [0.2, 0.25) is 0 Å². The Morgan fingerprint density at radius 1 is 1.13 bits per heavy atom. The molecule has 0 bridgehead atoms. The molecule has 1 saturated heterocycles. The third-order valence-corrected chi connectivity index (χ3v) is 4.30. The summed E-state index contributed by atoms with van der Waals surface area (Å²) in [5.41, 5.74) is 3.81. The van der Waals surface area contributed by atoms with E-state index in [9.17, 15) is 4.79 Å². The van der Waals surface area contributed by atoms with Gasteiger partial charge in [0.05, 0.1) is 0 Å². The highest BCUT2D eigenvalue weighted by Gasteiger charge is 2.18. The van der Waals surface area contributed by atoms with E-state index in [1.807, 2.05) is 32.2 Å². The summed E-state index contributed by atoms with van der Waals surface area (Å²) in [6.07, 6.45) is 2.49. The van der Waals surface area contributed by atoms with E-state index in [0.29, 0.717) is 12.2 Å². The van der Waals surface area contributed by atoms with E-state index >= 15 is 0 Å². The number of benzene rings is 1. The molecule has 1 aliphatic rings. The normalized spacial score (nSPS) is 14.1. The van der Waals surface area contributed by atoms with Gasteiger partial charge in [0.15, 0.2) is 0 Å². The topological polar surface area (TPSA) is 36.4 Å². The first-order valence-corrected chi connectivity index (χ1v) is 8.17. The van der Waals surface area contributed by atoms with E-state index in [1.165, 1.54) is 24.1 Å². The third kappa shape index (κ3) is 3.52. The lowest BCUT2D eigenvalue weighted by molar-refractivity contribution is 0.0779. The average molecular weight is 309 g/mol. The average Bonchev–Trinajstić information content (AvgIpc) is 3.09. The molecule has 0 N–H and O–H groups in total. The number of aryl methyl sites for hydroxylation is 1. The smallest absolute Gasteiger partial charge is 0.272 e. The monoisotopic (exact) mass is 309 g/mol. The summed E-state index contributed by atoms with van der Waals surface area (Å²) in [6.45, 7) is 4.71. The number of pyridine rings is 1. The molecule has 1 fully saturated rings. The quantitative estimate of drug-likeness (QED) is 0.870. The Hall–Kier alpha value is -2.36. The summed E-state index contributed by atoms with van der Waals surface area (Å²) in [4.78, 5) is 21.1. The number of amides is 1. The molecule has 0 spiro atoms. The van der Waals surface area contributed by atoms with Crippen LogP contribution in [0.4, 0.5) is 5.69 Å². The number of carbonyl (C=O) groups is 1. The van der Waals surface area contributed by atoms with Crippen LogP contribution in [0.1, 0.15) is 34.6 Å². The van der Waals surface area contributed by atoms with Gasteiger partial charge in [-0.15, -0.1) is 0 Å². The molecule has 0 radical (unpaired) electrons. The van der Waals surface area contributed by atoms with Gasteiger partial charge in [-0.25, -0.2) is 4.98 Å². The molecule has 1 aromatic carbocycles. The van der Waals surface area contributed by atoms with Crippen LogP contribution in [-0.4, -0.2) is 35.9 Å². The number of anilines is 1. The fourth-order valence-corrected chi connectivity index (χ4v) is 3.10. The second-order valence-electron chi connectivity index (χ2n) is 6.15. The lowest BCUT2D eigenvalue weighted by Crippen LogP contribution is -2.28. The van der Waals surface area contributed by atoms with Crippen molar-refractivity contribution in [3.63, 3.8) is 0 Å². The molecule has 0 aliphatic carbocycles. The van der Waals surface area contributed by atoms with Gasteiger partial charge in [-0.2, -0.15) is 0 Å². The molecule has 120 valence electrons. The summed E-state index contributed by atoms with van der Waals surface area (Å²) in [5, 5.41) is 0. The van der Waals surface area contributed by atoms with Gasteiger partial charge in [0, 0.05) is 38.1 Å². The summed E-state index contributed by atoms with van der Waals surface area (Å²) in [6, 6.07) is 13.9. The molecule has 1 amide bonds. The molecule has 4 nitrogen and oxygen atoms in total. The van der Waals surface area contributed by atoms with Crippen molar-refractivity contribution in [1.82, 2.24) is 9.88 Å². The van der Waals surface area contributed by atoms with E-state index in [0.717, 1.165) is 18.8 Å². The minimum Gasteiger partial charge on any atom is -0.371 e. The molecule has 0 unspecified atom stereocenters. The van der Waals surface area contributed by atoms with Crippen LogP contribution in [0.5, 0.6) is 0 Å². The molecule has 2 heterocycles. The predicted octanol–water partition coefficient (Wildman–Crippen LogP) is 3.26. The number of para-hydroxylation sites is 1. The first-order chi connectivity index (χ1) is 11.1. The fraction of sp³-hybridized carbons (Fsp3) is 0.368. The van der Waals surface area contributed by atoms with Crippen molar-refractivity contribution in [2.45, 2.75) is 26.3 Å². The van der Waals surface area contributed by atoms with Gasteiger partial charge in [0.1, 0.15) is 5.69 Å². The van der Waals surface area contributed by atoms with Crippen molar-refractivity contribution in [3.05, 3.63) is 59.4 Å². The van der Waals surface area contributed by atoms with Crippen LogP contribution in [0.3, 0.4) is 0 Å². The first kappa shape index (κ1) is 15.5. The molecule has 0 atom stereocenters. The van der Waals surface area contributed by atoms with E-state index in [2.05, 4.69) is 28.1 Å². The van der Waals surface area contributed by atoms with Crippen molar-refractivity contribution in [1.29, 1.82) is 0 Å². The standard InChI is InChI=1S/C19H23N3O/c1-15-8-7-10-17(20-15)19(23)21(2)14-16-9-3-4-11-18(16)22-12-5-6-13-22/h3-4,7-11H,5-6,12-14H2,1-2H3. The maximum absolute atomic E-state index is 12.6. The van der Waals surface area contributed by atoms with E-state index in [-0.39, 0.29) is 5.91 Å². The first-order valence-electron chi connectivity index (χ1n) is 8.17. The highest BCUT2D eigenvalue weighted by molar-refractivity contribution is 5.92. The van der Waals surface area contributed by atoms with Crippen LogP contribution < -0.4 is 4.90 Å². The number of nitrogens with zero attached hydrogens (tertiary/aromatic N) is 3. The molecular weight excluding hydrogens is 286 g/mol. The number of hydrogen-bond acceptors (Lipinski definition) is 3. The molecule has 0 saturated carbocycles. The van der Waals surface area contributed by atoms with Gasteiger partial charge < -0.3 is 9.80 Å². The van der Waals surface area contributed by atoms with Crippen LogP contribution in [0.25, 0.3) is 0 Å². The second-order valence-corrected chi connectivity index (χ2v) is 6.15. The number of aromatic nitrogens is 1. The maximum Gasteiger partial charge on any atom is 0.272 e. The Kier molecular flexibility index (Phi) is 4.60. The molecule has 1 aromatic heterocycles. The number of rotatable bonds is 4. The zero-order valence-corrected chi connectivity index (χ0v) is 13.8. The van der Waals surface area contributed by atoms with Crippen LogP contribution >= 0.6 is 0 Å². The molecule has 1 aliphatic heterocycles. The predicted molar refractivity (Wildman–Crippen MR) is 92.7 cm³/mol. The zero-order chi connectivity index (χ0) is 16.2. The number of hydrogen-bond donors (Lipinski definition) is 0. The molecule has 23 heavy (non-hydrogen) atoms. The van der Waals surface area contributed by atoms with Crippen molar-refractivity contribution in [3.8, 4) is 0 Å². The maximum atomic E-state index is 12.6. The largest absolute Gasteiger partial charge is 0.371 e. The summed E-state index contributed by atoms with van der Waals surface area (Å²) in [5.74, 6) is -0.0371. The molecule has 2 aromatic rings. The summed E-state index contributed by atoms with van der Waals surface area (Å²) < 4.78 is 0. The third-order valence-electron chi connectivity index (χ3n) is 4.30. The number of carbonyl (C=O) groups excluding carboxylic acids is 1. The minimum absolute atomic E-state index is 0.0371. The SMILES string of the molecule is Cc1cccc(C(=O)N(C)Cc2ccccc2N2CCCC2)n1. The van der Waals surface area contributed by atoms with Gasteiger partial charge in [0.25, 0.3) is 5.91 Å². The second kappa shape index (κ2) is 6.82. The van der Waals surface area contributed by atoms with Crippen molar-refractivity contribution in [2.75, 3.05) is 25.0 Å². The van der Waals surface area contributed by atoms with Gasteiger partial charge in [-0.1, -0.05) is 24.3 Å². The Morgan fingerprint density at radius 2 is 1.87 bits per heavy atom. The van der Waals surface area contributed by atoms with E-state index < -0.39 is 0 Å².